The van der Waals surface area contributed by atoms with Crippen molar-refractivity contribution in [1.29, 1.82) is 0 Å². The van der Waals surface area contributed by atoms with Crippen LogP contribution in [0.2, 0.25) is 10.0 Å². The summed E-state index contributed by atoms with van der Waals surface area (Å²) in [5.41, 5.74) is -0.0133. The molecule has 0 N–H and O–H groups in total. The molecular formula is C14H9Cl2FO2. The molecule has 0 unspecified atom stereocenters. The fraction of sp³-hybridized carbons (Fsp3) is 0.0714. The van der Waals surface area contributed by atoms with Crippen LogP contribution in [-0.4, -0.2) is 12.4 Å². The highest BCUT2D eigenvalue weighted by Gasteiger charge is 2.13. The van der Waals surface area contributed by atoms with Crippen molar-refractivity contribution in [3.63, 3.8) is 0 Å². The lowest BCUT2D eigenvalue weighted by molar-refractivity contribution is 0.0917. The average Bonchev–Trinajstić information content (AvgIpc) is 2.40. The predicted molar refractivity (Wildman–Crippen MR) is 72.7 cm³/mol. The van der Waals surface area contributed by atoms with Gasteiger partial charge in [-0.15, -0.1) is 0 Å². The first-order valence-electron chi connectivity index (χ1n) is 5.44. The second kappa shape index (κ2) is 6.04. The van der Waals surface area contributed by atoms with Gasteiger partial charge >= 0.3 is 0 Å². The summed E-state index contributed by atoms with van der Waals surface area (Å²) in [7, 11) is 0. The van der Waals surface area contributed by atoms with E-state index in [9.17, 15) is 9.18 Å². The zero-order valence-corrected chi connectivity index (χ0v) is 11.2. The molecule has 0 aliphatic rings. The number of Topliss-reactive ketones (excluding diaryl/α,β-unsaturated/α-hetero) is 1. The van der Waals surface area contributed by atoms with Gasteiger partial charge in [-0.2, -0.15) is 0 Å². The molecule has 98 valence electrons. The van der Waals surface area contributed by atoms with E-state index < -0.39 is 11.6 Å². The van der Waals surface area contributed by atoms with Crippen LogP contribution in [0, 0.1) is 5.82 Å². The Morgan fingerprint density at radius 3 is 2.58 bits per heavy atom. The summed E-state index contributed by atoms with van der Waals surface area (Å²) in [6.07, 6.45) is 0. The maximum atomic E-state index is 13.4. The molecule has 0 saturated heterocycles. The average molecular weight is 299 g/mol. The van der Waals surface area contributed by atoms with Crippen LogP contribution >= 0.6 is 23.2 Å². The van der Waals surface area contributed by atoms with E-state index in [-0.39, 0.29) is 17.2 Å². The lowest BCUT2D eigenvalue weighted by atomic mass is 10.1. The molecule has 2 nitrogen and oxygen atoms in total. The van der Waals surface area contributed by atoms with Gasteiger partial charge in [0.25, 0.3) is 0 Å². The quantitative estimate of drug-likeness (QED) is 0.782. The molecule has 0 aliphatic heterocycles. The SMILES string of the molecule is O=C(COc1cccc(Cl)c1Cl)c1ccccc1F. The Bertz CT molecular complexity index is 614. The third-order valence-electron chi connectivity index (χ3n) is 2.45. The normalized spacial score (nSPS) is 10.3. The number of ether oxygens (including phenoxy) is 1. The molecule has 0 bridgehead atoms. The lowest BCUT2D eigenvalue weighted by Gasteiger charge is -2.08. The Morgan fingerprint density at radius 1 is 1.11 bits per heavy atom. The van der Waals surface area contributed by atoms with Gasteiger partial charge in [0.2, 0.25) is 5.78 Å². The minimum atomic E-state index is -0.576. The number of rotatable bonds is 4. The van der Waals surface area contributed by atoms with Crippen molar-refractivity contribution < 1.29 is 13.9 Å². The van der Waals surface area contributed by atoms with E-state index >= 15 is 0 Å². The molecule has 2 rings (SSSR count). The maximum absolute atomic E-state index is 13.4. The number of halogens is 3. The number of ketones is 1. The van der Waals surface area contributed by atoms with Crippen LogP contribution in [0.5, 0.6) is 5.75 Å². The van der Waals surface area contributed by atoms with Crippen LogP contribution in [0.4, 0.5) is 4.39 Å². The molecule has 0 heterocycles. The fourth-order valence-electron chi connectivity index (χ4n) is 1.50. The van der Waals surface area contributed by atoms with Crippen LogP contribution in [0.15, 0.2) is 42.5 Å². The molecule has 0 amide bonds. The van der Waals surface area contributed by atoms with Crippen LogP contribution in [0.1, 0.15) is 10.4 Å². The van der Waals surface area contributed by atoms with Crippen molar-refractivity contribution in [2.45, 2.75) is 0 Å². The molecule has 0 fully saturated rings. The van der Waals surface area contributed by atoms with E-state index in [4.69, 9.17) is 27.9 Å². The molecule has 19 heavy (non-hydrogen) atoms. The number of carbonyl (C=O) groups is 1. The molecule has 0 atom stereocenters. The molecule has 0 spiro atoms. The van der Waals surface area contributed by atoms with Crippen molar-refractivity contribution in [1.82, 2.24) is 0 Å². The van der Waals surface area contributed by atoms with E-state index in [1.807, 2.05) is 0 Å². The van der Waals surface area contributed by atoms with Crippen molar-refractivity contribution in [2.24, 2.45) is 0 Å². The minimum absolute atomic E-state index is 0.0133. The monoisotopic (exact) mass is 298 g/mol. The first-order chi connectivity index (χ1) is 9.09. The summed E-state index contributed by atoms with van der Waals surface area (Å²) in [6.45, 7) is -0.305. The van der Waals surface area contributed by atoms with Crippen molar-refractivity contribution in [2.75, 3.05) is 6.61 Å². The van der Waals surface area contributed by atoms with Gasteiger partial charge in [0.15, 0.2) is 6.61 Å². The number of carbonyl (C=O) groups excluding carboxylic acids is 1. The highest BCUT2D eigenvalue weighted by molar-refractivity contribution is 6.42. The van der Waals surface area contributed by atoms with Crippen molar-refractivity contribution in [3.8, 4) is 5.75 Å². The van der Waals surface area contributed by atoms with Gasteiger partial charge in [0.05, 0.1) is 10.6 Å². The summed E-state index contributed by atoms with van der Waals surface area (Å²) in [6, 6.07) is 10.6. The van der Waals surface area contributed by atoms with E-state index in [2.05, 4.69) is 0 Å². The first-order valence-corrected chi connectivity index (χ1v) is 6.19. The molecule has 0 aliphatic carbocycles. The van der Waals surface area contributed by atoms with Gasteiger partial charge in [0, 0.05) is 0 Å². The van der Waals surface area contributed by atoms with E-state index in [0.29, 0.717) is 10.8 Å². The van der Waals surface area contributed by atoms with Gasteiger partial charge in [-0.1, -0.05) is 41.4 Å². The highest BCUT2D eigenvalue weighted by Crippen LogP contribution is 2.31. The summed E-state index contributed by atoms with van der Waals surface area (Å²) >= 11 is 11.7. The van der Waals surface area contributed by atoms with Gasteiger partial charge < -0.3 is 4.74 Å². The van der Waals surface area contributed by atoms with Gasteiger partial charge in [0.1, 0.15) is 16.6 Å². The van der Waals surface area contributed by atoms with Crippen LogP contribution < -0.4 is 4.74 Å². The third kappa shape index (κ3) is 3.25. The fourth-order valence-corrected chi connectivity index (χ4v) is 1.85. The van der Waals surface area contributed by atoms with Gasteiger partial charge in [-0.3, -0.25) is 4.79 Å². The van der Waals surface area contributed by atoms with Crippen molar-refractivity contribution in [3.05, 3.63) is 63.9 Å². The number of benzene rings is 2. The largest absolute Gasteiger partial charge is 0.484 e. The molecule has 0 radical (unpaired) electrons. The zero-order chi connectivity index (χ0) is 13.8. The lowest BCUT2D eigenvalue weighted by Crippen LogP contribution is -2.13. The second-order valence-corrected chi connectivity index (χ2v) is 4.53. The third-order valence-corrected chi connectivity index (χ3v) is 3.25. The smallest absolute Gasteiger partial charge is 0.203 e. The summed E-state index contributed by atoms with van der Waals surface area (Å²) in [4.78, 5) is 11.8. The molecule has 0 saturated carbocycles. The van der Waals surface area contributed by atoms with E-state index in [1.54, 1.807) is 24.3 Å². The summed E-state index contributed by atoms with van der Waals surface area (Å²) in [5, 5.41) is 0.558. The zero-order valence-electron chi connectivity index (χ0n) is 9.70. The van der Waals surface area contributed by atoms with Crippen LogP contribution in [0.25, 0.3) is 0 Å². The summed E-state index contributed by atoms with van der Waals surface area (Å²) < 4.78 is 18.6. The highest BCUT2D eigenvalue weighted by atomic mass is 35.5. The molecular weight excluding hydrogens is 290 g/mol. The molecule has 2 aromatic rings. The van der Waals surface area contributed by atoms with Crippen molar-refractivity contribution >= 4 is 29.0 Å². The summed E-state index contributed by atoms with van der Waals surface area (Å²) in [5.74, 6) is -0.749. The molecule has 0 aromatic heterocycles. The van der Waals surface area contributed by atoms with Crippen LogP contribution in [0.3, 0.4) is 0 Å². The second-order valence-electron chi connectivity index (χ2n) is 3.74. The standard InChI is InChI=1S/C14H9Cl2FO2/c15-10-5-3-7-13(14(10)16)19-8-12(18)9-4-1-2-6-11(9)17/h1-7H,8H2. The topological polar surface area (TPSA) is 26.3 Å². The van der Waals surface area contributed by atoms with Gasteiger partial charge in [-0.25, -0.2) is 4.39 Å². The number of hydrogen-bond donors (Lipinski definition) is 0. The Hall–Kier alpha value is -1.58. The Morgan fingerprint density at radius 2 is 1.84 bits per heavy atom. The minimum Gasteiger partial charge on any atom is -0.484 e. The number of hydrogen-bond acceptors (Lipinski definition) is 2. The predicted octanol–water partition coefficient (Wildman–Crippen LogP) is 4.39. The van der Waals surface area contributed by atoms with E-state index in [1.165, 1.54) is 18.2 Å². The molecule has 2 aromatic carbocycles. The molecule has 5 heteroatoms. The Labute approximate surface area is 119 Å². The maximum Gasteiger partial charge on any atom is 0.203 e. The Balaban J connectivity index is 2.09. The van der Waals surface area contributed by atoms with Crippen LogP contribution in [-0.2, 0) is 0 Å². The Kier molecular flexibility index (Phi) is 4.40. The van der Waals surface area contributed by atoms with Gasteiger partial charge in [-0.05, 0) is 24.3 Å². The van der Waals surface area contributed by atoms with E-state index in [0.717, 1.165) is 0 Å². The first kappa shape index (κ1) is 13.8.